The molecule has 1 aliphatic heterocycles. The number of methoxy groups -OCH3 is 1. The van der Waals surface area contributed by atoms with Crippen molar-refractivity contribution in [3.05, 3.63) is 65.2 Å². The number of nitrogens with one attached hydrogen (secondary N) is 1. The van der Waals surface area contributed by atoms with Gasteiger partial charge in [0.05, 0.1) is 7.11 Å². The lowest BCUT2D eigenvalue weighted by atomic mass is 10.1. The highest BCUT2D eigenvalue weighted by atomic mass is 16.5. The first-order valence-corrected chi connectivity index (χ1v) is 14.8. The van der Waals surface area contributed by atoms with Crippen LogP contribution in [0.1, 0.15) is 62.1 Å². The lowest BCUT2D eigenvalue weighted by molar-refractivity contribution is -0.131. The Kier molecular flexibility index (Phi) is 13.0. The number of amides is 3. The van der Waals surface area contributed by atoms with E-state index >= 15 is 0 Å². The van der Waals surface area contributed by atoms with E-state index in [0.29, 0.717) is 32.6 Å². The van der Waals surface area contributed by atoms with Crippen molar-refractivity contribution >= 4 is 23.7 Å². The van der Waals surface area contributed by atoms with Gasteiger partial charge in [-0.15, -0.1) is 0 Å². The second-order valence-electron chi connectivity index (χ2n) is 10.7. The van der Waals surface area contributed by atoms with Gasteiger partial charge < -0.3 is 19.9 Å². The molecule has 0 aromatic heterocycles. The van der Waals surface area contributed by atoms with Gasteiger partial charge in [0.15, 0.2) is 0 Å². The summed E-state index contributed by atoms with van der Waals surface area (Å²) in [6.07, 6.45) is 10.4. The van der Waals surface area contributed by atoms with Crippen molar-refractivity contribution in [1.29, 1.82) is 0 Å². The molecule has 2 aromatic rings. The average Bonchev–Trinajstić information content (AvgIpc) is 2.97. The average molecular weight is 549 g/mol. The second-order valence-corrected chi connectivity index (χ2v) is 10.7. The van der Waals surface area contributed by atoms with E-state index in [2.05, 4.69) is 23.2 Å². The summed E-state index contributed by atoms with van der Waals surface area (Å²) >= 11 is 0. The highest BCUT2D eigenvalue weighted by molar-refractivity contribution is 5.91. The fourth-order valence-corrected chi connectivity index (χ4v) is 5.10. The van der Waals surface area contributed by atoms with E-state index in [1.54, 1.807) is 7.11 Å². The third-order valence-corrected chi connectivity index (χ3v) is 7.67. The Bertz CT molecular complexity index is 1090. The number of anilines is 1. The van der Waals surface area contributed by atoms with Crippen molar-refractivity contribution in [2.45, 2.75) is 59.3 Å². The second kappa shape index (κ2) is 16.7. The summed E-state index contributed by atoms with van der Waals surface area (Å²) < 4.78 is 5.46. The number of benzene rings is 2. The number of piperazine rings is 1. The van der Waals surface area contributed by atoms with Gasteiger partial charge in [-0.25, -0.2) is 4.79 Å². The predicted octanol–water partition coefficient (Wildman–Crippen LogP) is 6.36. The molecule has 0 bridgehead atoms. The largest absolute Gasteiger partial charge is 0.496 e. The van der Waals surface area contributed by atoms with E-state index in [-0.39, 0.29) is 11.9 Å². The Labute approximate surface area is 241 Å². The van der Waals surface area contributed by atoms with E-state index in [1.165, 1.54) is 19.3 Å². The van der Waals surface area contributed by atoms with Crippen LogP contribution >= 0.6 is 0 Å². The molecule has 1 heterocycles. The molecular formula is C33H48N4O3. The molecule has 7 heteroatoms. The Morgan fingerprint density at radius 1 is 0.950 bits per heavy atom. The minimum atomic E-state index is -0.0431. The van der Waals surface area contributed by atoms with Gasteiger partial charge in [0, 0.05) is 63.5 Å². The van der Waals surface area contributed by atoms with Gasteiger partial charge in [-0.1, -0.05) is 81.2 Å². The summed E-state index contributed by atoms with van der Waals surface area (Å²) in [5.74, 6) is 1.04. The Balaban J connectivity index is 1.52. The molecule has 218 valence electrons. The summed E-state index contributed by atoms with van der Waals surface area (Å²) in [5, 5.41) is 3.10. The molecule has 0 unspecified atom stereocenters. The number of aryl methyl sites for hydroxylation is 2. The standard InChI is InChI=1S/C33H48N4O3/c1-5-6-7-8-9-19-31(38)36(20-13-17-29-16-10-11-18-30(29)40-4)24-21-35-22-25-37(26-23-35)33(39)34-32-27(2)14-12-15-28(32)3/h10-18H,5-9,19-26H2,1-4H3,(H,34,39)/b17-13+. The van der Waals surface area contributed by atoms with Crippen LogP contribution in [0.2, 0.25) is 0 Å². The number of hydrogen-bond acceptors (Lipinski definition) is 4. The number of urea groups is 1. The first-order chi connectivity index (χ1) is 19.4. The van der Waals surface area contributed by atoms with E-state index in [9.17, 15) is 9.59 Å². The number of carbonyl (C=O) groups is 2. The van der Waals surface area contributed by atoms with Crippen LogP contribution in [0, 0.1) is 13.8 Å². The van der Waals surface area contributed by atoms with Crippen LogP contribution in [0.25, 0.3) is 6.08 Å². The normalized spacial score (nSPS) is 13.9. The third kappa shape index (κ3) is 9.70. The first kappa shape index (κ1) is 31.2. The Morgan fingerprint density at radius 3 is 2.35 bits per heavy atom. The monoisotopic (exact) mass is 548 g/mol. The summed E-state index contributed by atoms with van der Waals surface area (Å²) in [4.78, 5) is 32.3. The van der Waals surface area contributed by atoms with Crippen LogP contribution in [-0.4, -0.2) is 79.6 Å². The third-order valence-electron chi connectivity index (χ3n) is 7.67. The van der Waals surface area contributed by atoms with Crippen molar-refractivity contribution < 1.29 is 14.3 Å². The number of hydrogen-bond donors (Lipinski definition) is 1. The van der Waals surface area contributed by atoms with E-state index in [1.807, 2.05) is 72.2 Å². The van der Waals surface area contributed by atoms with E-state index in [0.717, 1.165) is 60.6 Å². The number of rotatable bonds is 14. The van der Waals surface area contributed by atoms with Crippen LogP contribution < -0.4 is 10.1 Å². The maximum atomic E-state index is 13.2. The van der Waals surface area contributed by atoms with Gasteiger partial charge in [-0.3, -0.25) is 9.69 Å². The Hall–Kier alpha value is -3.32. The molecule has 2 aromatic carbocycles. The molecule has 40 heavy (non-hydrogen) atoms. The molecule has 7 nitrogen and oxygen atoms in total. The molecule has 1 N–H and O–H groups in total. The summed E-state index contributed by atoms with van der Waals surface area (Å²) in [7, 11) is 1.67. The van der Waals surface area contributed by atoms with Gasteiger partial charge in [0.2, 0.25) is 5.91 Å². The fourth-order valence-electron chi connectivity index (χ4n) is 5.10. The SMILES string of the molecule is CCCCCCCC(=O)N(C/C=C/c1ccccc1OC)CCN1CCN(C(=O)Nc2c(C)cccc2C)CC1. The zero-order chi connectivity index (χ0) is 28.7. The molecule has 0 spiro atoms. The lowest BCUT2D eigenvalue weighted by Gasteiger charge is -2.36. The quantitative estimate of drug-likeness (QED) is 0.279. The van der Waals surface area contributed by atoms with Crippen LogP contribution in [-0.2, 0) is 4.79 Å². The van der Waals surface area contributed by atoms with Crippen LogP contribution in [0.15, 0.2) is 48.5 Å². The van der Waals surface area contributed by atoms with Gasteiger partial charge in [-0.05, 0) is 37.5 Å². The van der Waals surface area contributed by atoms with Crippen molar-refractivity contribution in [1.82, 2.24) is 14.7 Å². The number of ether oxygens (including phenoxy) is 1. The highest BCUT2D eigenvalue weighted by Gasteiger charge is 2.23. The van der Waals surface area contributed by atoms with E-state index in [4.69, 9.17) is 4.74 Å². The smallest absolute Gasteiger partial charge is 0.321 e. The topological polar surface area (TPSA) is 65.1 Å². The van der Waals surface area contributed by atoms with Crippen molar-refractivity contribution in [3.8, 4) is 5.75 Å². The van der Waals surface area contributed by atoms with Gasteiger partial charge >= 0.3 is 6.03 Å². The minimum absolute atomic E-state index is 0.0431. The molecular weight excluding hydrogens is 500 g/mol. The van der Waals surface area contributed by atoms with Crippen LogP contribution in [0.5, 0.6) is 5.75 Å². The fraction of sp³-hybridized carbons (Fsp3) is 0.515. The molecule has 1 aliphatic rings. The summed E-state index contributed by atoms with van der Waals surface area (Å²) in [6, 6.07) is 13.9. The summed E-state index contributed by atoms with van der Waals surface area (Å²) in [6.45, 7) is 11.3. The van der Waals surface area contributed by atoms with Crippen molar-refractivity contribution in [2.75, 3.05) is 58.2 Å². The molecule has 1 saturated heterocycles. The lowest BCUT2D eigenvalue weighted by Crippen LogP contribution is -2.51. The Morgan fingerprint density at radius 2 is 1.65 bits per heavy atom. The maximum Gasteiger partial charge on any atom is 0.321 e. The molecule has 0 saturated carbocycles. The number of carbonyl (C=O) groups excluding carboxylic acids is 2. The summed E-state index contributed by atoms with van der Waals surface area (Å²) in [5.41, 5.74) is 4.05. The van der Waals surface area contributed by atoms with E-state index < -0.39 is 0 Å². The molecule has 3 amide bonds. The molecule has 0 atom stereocenters. The molecule has 3 rings (SSSR count). The van der Waals surface area contributed by atoms with Crippen LogP contribution in [0.3, 0.4) is 0 Å². The van der Waals surface area contributed by atoms with Crippen molar-refractivity contribution in [3.63, 3.8) is 0 Å². The maximum absolute atomic E-state index is 13.2. The number of nitrogens with zero attached hydrogens (tertiary/aromatic N) is 3. The molecule has 1 fully saturated rings. The zero-order valence-corrected chi connectivity index (χ0v) is 25.0. The molecule has 0 radical (unpaired) electrons. The van der Waals surface area contributed by atoms with Gasteiger partial charge in [-0.2, -0.15) is 0 Å². The van der Waals surface area contributed by atoms with Crippen LogP contribution in [0.4, 0.5) is 10.5 Å². The number of unbranched alkanes of at least 4 members (excludes halogenated alkanes) is 4. The van der Waals surface area contributed by atoms with Gasteiger partial charge in [0.25, 0.3) is 0 Å². The van der Waals surface area contributed by atoms with Crippen molar-refractivity contribution in [2.24, 2.45) is 0 Å². The minimum Gasteiger partial charge on any atom is -0.496 e. The van der Waals surface area contributed by atoms with Gasteiger partial charge in [0.1, 0.15) is 5.75 Å². The predicted molar refractivity (Wildman–Crippen MR) is 165 cm³/mol. The first-order valence-electron chi connectivity index (χ1n) is 14.8. The number of para-hydroxylation sites is 2. The molecule has 0 aliphatic carbocycles. The highest BCUT2D eigenvalue weighted by Crippen LogP contribution is 2.21. The zero-order valence-electron chi connectivity index (χ0n) is 25.0.